The zero-order chi connectivity index (χ0) is 17.0. The third-order valence-corrected chi connectivity index (χ3v) is 5.69. The molecule has 6 nitrogen and oxygen atoms in total. The number of aromatic amines is 1. The summed E-state index contributed by atoms with van der Waals surface area (Å²) in [5.41, 5.74) is 3.55. The van der Waals surface area contributed by atoms with E-state index in [1.165, 1.54) is 12.8 Å². The number of amides is 1. The SMILES string of the molecule is Cc1nc2ccccc2n1Cc1cc(C(=O)N2CC3CCC2C3)n[nH]1. The molecule has 0 spiro atoms. The van der Waals surface area contributed by atoms with Crippen molar-refractivity contribution in [3.8, 4) is 0 Å². The smallest absolute Gasteiger partial charge is 0.274 e. The van der Waals surface area contributed by atoms with E-state index in [9.17, 15) is 4.79 Å². The first-order chi connectivity index (χ1) is 12.2. The molecule has 25 heavy (non-hydrogen) atoms. The zero-order valence-electron chi connectivity index (χ0n) is 14.3. The third-order valence-electron chi connectivity index (χ3n) is 5.69. The van der Waals surface area contributed by atoms with E-state index in [-0.39, 0.29) is 5.91 Å². The van der Waals surface area contributed by atoms with Crippen molar-refractivity contribution in [3.63, 3.8) is 0 Å². The van der Waals surface area contributed by atoms with Crippen LogP contribution < -0.4 is 0 Å². The van der Waals surface area contributed by atoms with Gasteiger partial charge in [0, 0.05) is 12.6 Å². The zero-order valence-corrected chi connectivity index (χ0v) is 14.3. The lowest BCUT2D eigenvalue weighted by Gasteiger charge is -2.26. The molecule has 2 aromatic heterocycles. The fraction of sp³-hybridized carbons (Fsp3) is 0.421. The quantitative estimate of drug-likeness (QED) is 0.800. The monoisotopic (exact) mass is 335 g/mol. The van der Waals surface area contributed by atoms with Gasteiger partial charge in [0.1, 0.15) is 11.5 Å². The normalized spacial score (nSPS) is 22.2. The number of likely N-dealkylation sites (tertiary alicyclic amines) is 1. The van der Waals surface area contributed by atoms with E-state index in [1.807, 2.05) is 36.1 Å². The number of benzene rings is 1. The maximum Gasteiger partial charge on any atom is 0.274 e. The second kappa shape index (κ2) is 5.44. The molecule has 1 aliphatic heterocycles. The fourth-order valence-corrected chi connectivity index (χ4v) is 4.44. The van der Waals surface area contributed by atoms with Crippen LogP contribution in [0.3, 0.4) is 0 Å². The van der Waals surface area contributed by atoms with Crippen molar-refractivity contribution in [1.29, 1.82) is 0 Å². The Morgan fingerprint density at radius 1 is 1.32 bits per heavy atom. The maximum absolute atomic E-state index is 12.8. The molecule has 128 valence electrons. The highest BCUT2D eigenvalue weighted by Gasteiger charge is 2.40. The molecule has 1 saturated carbocycles. The maximum atomic E-state index is 12.8. The van der Waals surface area contributed by atoms with Gasteiger partial charge in [-0.25, -0.2) is 4.98 Å². The van der Waals surface area contributed by atoms with Gasteiger partial charge < -0.3 is 9.47 Å². The van der Waals surface area contributed by atoms with Crippen molar-refractivity contribution in [2.75, 3.05) is 6.54 Å². The van der Waals surface area contributed by atoms with Crippen molar-refractivity contribution in [2.45, 2.75) is 38.8 Å². The molecule has 1 saturated heterocycles. The van der Waals surface area contributed by atoms with Crippen LogP contribution in [0.25, 0.3) is 11.0 Å². The van der Waals surface area contributed by atoms with Crippen LogP contribution in [0.4, 0.5) is 0 Å². The molecule has 2 bridgehead atoms. The number of nitrogens with one attached hydrogen (secondary N) is 1. The van der Waals surface area contributed by atoms with E-state index in [1.54, 1.807) is 0 Å². The molecule has 5 rings (SSSR count). The van der Waals surface area contributed by atoms with E-state index < -0.39 is 0 Å². The van der Waals surface area contributed by atoms with Gasteiger partial charge in [0.2, 0.25) is 0 Å². The molecule has 3 aromatic rings. The first-order valence-electron chi connectivity index (χ1n) is 8.96. The van der Waals surface area contributed by atoms with Crippen LogP contribution >= 0.6 is 0 Å². The summed E-state index contributed by atoms with van der Waals surface area (Å²) in [5.74, 6) is 1.73. The molecule has 3 heterocycles. The molecular weight excluding hydrogens is 314 g/mol. The molecular formula is C19H21N5O. The number of carbonyl (C=O) groups excluding carboxylic acids is 1. The Morgan fingerprint density at radius 2 is 2.20 bits per heavy atom. The summed E-state index contributed by atoms with van der Waals surface area (Å²) in [6.07, 6.45) is 3.59. The highest BCUT2D eigenvalue weighted by Crippen LogP contribution is 2.37. The largest absolute Gasteiger partial charge is 0.334 e. The van der Waals surface area contributed by atoms with Gasteiger partial charge in [-0.1, -0.05) is 12.1 Å². The van der Waals surface area contributed by atoms with Crippen LogP contribution in [0.1, 0.15) is 41.3 Å². The van der Waals surface area contributed by atoms with Crippen molar-refractivity contribution in [3.05, 3.63) is 47.5 Å². The van der Waals surface area contributed by atoms with Gasteiger partial charge in [-0.3, -0.25) is 9.89 Å². The summed E-state index contributed by atoms with van der Waals surface area (Å²) >= 11 is 0. The lowest BCUT2D eigenvalue weighted by molar-refractivity contribution is 0.0697. The Balaban J connectivity index is 1.39. The van der Waals surface area contributed by atoms with E-state index >= 15 is 0 Å². The Labute approximate surface area is 145 Å². The van der Waals surface area contributed by atoms with Gasteiger partial charge in [-0.2, -0.15) is 5.10 Å². The first-order valence-corrected chi connectivity index (χ1v) is 8.96. The molecule has 2 aliphatic rings. The van der Waals surface area contributed by atoms with Crippen molar-refractivity contribution in [2.24, 2.45) is 5.92 Å². The average molecular weight is 335 g/mol. The number of H-pyrrole nitrogens is 1. The first kappa shape index (κ1) is 14.7. The van der Waals surface area contributed by atoms with Gasteiger partial charge in [0.05, 0.1) is 23.3 Å². The number of carbonyl (C=O) groups is 1. The molecule has 1 aromatic carbocycles. The summed E-state index contributed by atoms with van der Waals surface area (Å²) in [6.45, 7) is 3.54. The highest BCUT2D eigenvalue weighted by atomic mass is 16.2. The van der Waals surface area contributed by atoms with E-state index in [2.05, 4.69) is 25.8 Å². The number of fused-ring (bicyclic) bond motifs is 3. The minimum atomic E-state index is 0.0712. The van der Waals surface area contributed by atoms with Crippen molar-refractivity contribution >= 4 is 16.9 Å². The number of piperidine rings is 1. The lowest BCUT2D eigenvalue weighted by atomic mass is 10.1. The van der Waals surface area contributed by atoms with Gasteiger partial charge in [0.15, 0.2) is 0 Å². The average Bonchev–Trinajstić information content (AvgIpc) is 3.39. The lowest BCUT2D eigenvalue weighted by Crippen LogP contribution is -2.37. The minimum absolute atomic E-state index is 0.0712. The number of aromatic nitrogens is 4. The van der Waals surface area contributed by atoms with Crippen LogP contribution in [0.15, 0.2) is 30.3 Å². The van der Waals surface area contributed by atoms with Crippen LogP contribution in [-0.2, 0) is 6.54 Å². The topological polar surface area (TPSA) is 66.8 Å². The predicted octanol–water partition coefficient (Wildman–Crippen LogP) is 2.74. The van der Waals surface area contributed by atoms with Gasteiger partial charge in [0.25, 0.3) is 5.91 Å². The fourth-order valence-electron chi connectivity index (χ4n) is 4.44. The number of rotatable bonds is 3. The van der Waals surface area contributed by atoms with E-state index in [0.29, 0.717) is 24.2 Å². The molecule has 1 amide bonds. The summed E-state index contributed by atoms with van der Waals surface area (Å²) in [5, 5.41) is 7.32. The van der Waals surface area contributed by atoms with Crippen LogP contribution in [0, 0.1) is 12.8 Å². The Bertz CT molecular complexity index is 956. The number of aryl methyl sites for hydroxylation is 1. The third kappa shape index (κ3) is 2.35. The summed E-state index contributed by atoms with van der Waals surface area (Å²) in [7, 11) is 0. The molecule has 0 radical (unpaired) electrons. The van der Waals surface area contributed by atoms with E-state index in [0.717, 1.165) is 35.5 Å². The Kier molecular flexibility index (Phi) is 3.20. The second-order valence-electron chi connectivity index (χ2n) is 7.30. The van der Waals surface area contributed by atoms with E-state index in [4.69, 9.17) is 0 Å². The standard InChI is InChI=1S/C19H21N5O/c1-12-20-16-4-2-3-5-18(16)23(12)11-14-9-17(22-21-14)19(25)24-10-13-6-7-15(24)8-13/h2-5,9,13,15H,6-8,10-11H2,1H3,(H,21,22). The molecule has 2 atom stereocenters. The summed E-state index contributed by atoms with van der Waals surface area (Å²) in [6, 6.07) is 10.4. The summed E-state index contributed by atoms with van der Waals surface area (Å²) < 4.78 is 2.15. The molecule has 2 fully saturated rings. The van der Waals surface area contributed by atoms with Crippen molar-refractivity contribution < 1.29 is 4.79 Å². The number of hydrogen-bond donors (Lipinski definition) is 1. The number of nitrogens with zero attached hydrogens (tertiary/aromatic N) is 4. The van der Waals surface area contributed by atoms with Crippen LogP contribution in [-0.4, -0.2) is 43.1 Å². The highest BCUT2D eigenvalue weighted by molar-refractivity contribution is 5.93. The number of hydrogen-bond acceptors (Lipinski definition) is 3. The summed E-state index contributed by atoms with van der Waals surface area (Å²) in [4.78, 5) is 19.4. The van der Waals surface area contributed by atoms with Crippen LogP contribution in [0.5, 0.6) is 0 Å². The predicted molar refractivity (Wildman–Crippen MR) is 94.3 cm³/mol. The number of imidazole rings is 1. The second-order valence-corrected chi connectivity index (χ2v) is 7.30. The van der Waals surface area contributed by atoms with Crippen LogP contribution in [0.2, 0.25) is 0 Å². The molecule has 1 aliphatic carbocycles. The van der Waals surface area contributed by atoms with Gasteiger partial charge >= 0.3 is 0 Å². The Morgan fingerprint density at radius 3 is 3.00 bits per heavy atom. The van der Waals surface area contributed by atoms with Gasteiger partial charge in [-0.05, 0) is 50.3 Å². The molecule has 6 heteroatoms. The Hall–Kier alpha value is -2.63. The molecule has 1 N–H and O–H groups in total. The number of para-hydroxylation sites is 2. The molecule has 2 unspecified atom stereocenters. The van der Waals surface area contributed by atoms with Gasteiger partial charge in [-0.15, -0.1) is 0 Å². The minimum Gasteiger partial charge on any atom is -0.334 e. The van der Waals surface area contributed by atoms with Crippen molar-refractivity contribution in [1.82, 2.24) is 24.6 Å².